The molecule has 2 heterocycles. The van der Waals surface area contributed by atoms with Crippen LogP contribution in [-0.4, -0.2) is 29.1 Å². The van der Waals surface area contributed by atoms with Gasteiger partial charge in [-0.2, -0.15) is 0 Å². The molecule has 0 radical (unpaired) electrons. The van der Waals surface area contributed by atoms with Gasteiger partial charge in [-0.3, -0.25) is 9.78 Å². The Morgan fingerprint density at radius 2 is 2.07 bits per heavy atom. The molecule has 30 heavy (non-hydrogen) atoms. The minimum absolute atomic E-state index is 0.229. The molecule has 1 amide bonds. The number of amides is 1. The molecule has 0 bridgehead atoms. The number of carbonyl (C=O) groups is 1. The zero-order valence-corrected chi connectivity index (χ0v) is 16.9. The maximum atomic E-state index is 13.2. The van der Waals surface area contributed by atoms with Crippen LogP contribution in [0.4, 0.5) is 4.39 Å². The fourth-order valence-electron chi connectivity index (χ4n) is 3.69. The molecule has 0 saturated carbocycles. The Morgan fingerprint density at radius 1 is 1.20 bits per heavy atom. The van der Waals surface area contributed by atoms with E-state index in [1.165, 1.54) is 18.2 Å². The number of hydrogen-bond donors (Lipinski definition) is 1. The smallest absolute Gasteiger partial charge is 0.244 e. The van der Waals surface area contributed by atoms with E-state index in [-0.39, 0.29) is 11.7 Å². The minimum Gasteiger partial charge on any atom is -0.497 e. The van der Waals surface area contributed by atoms with Gasteiger partial charge in [0.2, 0.25) is 5.91 Å². The molecule has 0 aliphatic rings. The topological polar surface area (TPSA) is 56.1 Å². The second-order valence-electron chi connectivity index (χ2n) is 7.01. The Morgan fingerprint density at radius 3 is 2.87 bits per heavy atom. The first-order valence-corrected chi connectivity index (χ1v) is 9.70. The van der Waals surface area contributed by atoms with E-state index in [4.69, 9.17) is 4.74 Å². The van der Waals surface area contributed by atoms with E-state index in [1.54, 1.807) is 25.3 Å². The summed E-state index contributed by atoms with van der Waals surface area (Å²) in [5.41, 5.74) is 3.65. The molecule has 0 spiro atoms. The Hall–Kier alpha value is -3.67. The number of nitrogens with zero attached hydrogens (tertiary/aromatic N) is 2. The number of pyridine rings is 1. The van der Waals surface area contributed by atoms with Gasteiger partial charge in [-0.15, -0.1) is 0 Å². The van der Waals surface area contributed by atoms with E-state index < -0.39 is 0 Å². The molecule has 0 aliphatic carbocycles. The van der Waals surface area contributed by atoms with Crippen molar-refractivity contribution in [3.8, 4) is 5.75 Å². The molecule has 6 heteroatoms. The van der Waals surface area contributed by atoms with E-state index >= 15 is 0 Å². The van der Waals surface area contributed by atoms with Gasteiger partial charge < -0.3 is 14.6 Å². The van der Waals surface area contributed by atoms with Crippen LogP contribution in [-0.2, 0) is 11.3 Å². The number of aryl methyl sites for hydroxylation is 1. The molecule has 5 nitrogen and oxygen atoms in total. The summed E-state index contributed by atoms with van der Waals surface area (Å²) in [6.45, 7) is 3.01. The maximum Gasteiger partial charge on any atom is 0.244 e. The van der Waals surface area contributed by atoms with E-state index in [2.05, 4.69) is 14.9 Å². The summed E-state index contributed by atoms with van der Waals surface area (Å²) in [5.74, 6) is 0.218. The van der Waals surface area contributed by atoms with Crippen molar-refractivity contribution in [2.45, 2.75) is 13.5 Å². The highest BCUT2D eigenvalue weighted by molar-refractivity contribution is 6.09. The van der Waals surface area contributed by atoms with Crippen molar-refractivity contribution in [3.05, 3.63) is 77.9 Å². The zero-order chi connectivity index (χ0) is 21.1. The third kappa shape index (κ3) is 3.89. The van der Waals surface area contributed by atoms with Gasteiger partial charge in [0.25, 0.3) is 0 Å². The number of fused-ring (bicyclic) bond motifs is 3. The van der Waals surface area contributed by atoms with Crippen LogP contribution in [0.25, 0.3) is 27.9 Å². The van der Waals surface area contributed by atoms with Gasteiger partial charge >= 0.3 is 0 Å². The monoisotopic (exact) mass is 403 g/mol. The van der Waals surface area contributed by atoms with Crippen molar-refractivity contribution < 1.29 is 13.9 Å². The summed E-state index contributed by atoms with van der Waals surface area (Å²) in [6.07, 6.45) is 4.82. The molecule has 2 aromatic carbocycles. The van der Waals surface area contributed by atoms with E-state index in [1.807, 2.05) is 37.4 Å². The van der Waals surface area contributed by atoms with E-state index in [0.29, 0.717) is 18.7 Å². The van der Waals surface area contributed by atoms with Crippen molar-refractivity contribution in [2.24, 2.45) is 0 Å². The molecule has 4 rings (SSSR count). The maximum absolute atomic E-state index is 13.2. The molecular formula is C24H22FN3O2. The molecule has 2 aromatic heterocycles. The minimum atomic E-state index is -0.330. The van der Waals surface area contributed by atoms with Gasteiger partial charge in [0.15, 0.2) is 0 Å². The summed E-state index contributed by atoms with van der Waals surface area (Å²) in [7, 11) is 1.64. The number of rotatable bonds is 6. The molecule has 0 atom stereocenters. The van der Waals surface area contributed by atoms with Gasteiger partial charge in [0.05, 0.1) is 23.8 Å². The van der Waals surface area contributed by atoms with Gasteiger partial charge in [0.1, 0.15) is 11.6 Å². The van der Waals surface area contributed by atoms with Crippen molar-refractivity contribution in [1.82, 2.24) is 14.9 Å². The first kappa shape index (κ1) is 19.6. The van der Waals surface area contributed by atoms with Gasteiger partial charge in [-0.25, -0.2) is 4.39 Å². The number of ether oxygens (including phenoxy) is 1. The molecular weight excluding hydrogens is 381 g/mol. The van der Waals surface area contributed by atoms with Gasteiger partial charge in [-0.05, 0) is 48.9 Å². The number of methoxy groups -OCH3 is 1. The van der Waals surface area contributed by atoms with Crippen molar-refractivity contribution in [3.63, 3.8) is 0 Å². The lowest BCUT2D eigenvalue weighted by Crippen LogP contribution is -2.25. The predicted octanol–water partition coefficient (Wildman–Crippen LogP) is 4.48. The number of hydrogen-bond acceptors (Lipinski definition) is 3. The molecule has 0 unspecified atom stereocenters. The van der Waals surface area contributed by atoms with Crippen LogP contribution in [0.2, 0.25) is 0 Å². The molecule has 0 saturated heterocycles. The Labute approximate surface area is 173 Å². The summed E-state index contributed by atoms with van der Waals surface area (Å²) in [4.78, 5) is 16.6. The quantitative estimate of drug-likeness (QED) is 0.483. The van der Waals surface area contributed by atoms with Crippen LogP contribution in [0, 0.1) is 12.7 Å². The number of halogens is 1. The van der Waals surface area contributed by atoms with Crippen LogP contribution in [0.15, 0.2) is 60.8 Å². The average Bonchev–Trinajstić information content (AvgIpc) is 3.06. The van der Waals surface area contributed by atoms with E-state index in [0.717, 1.165) is 33.2 Å². The first-order valence-electron chi connectivity index (χ1n) is 9.70. The fourth-order valence-corrected chi connectivity index (χ4v) is 3.69. The van der Waals surface area contributed by atoms with Crippen LogP contribution in [0.3, 0.4) is 0 Å². The third-order valence-electron chi connectivity index (χ3n) is 5.07. The highest BCUT2D eigenvalue weighted by Crippen LogP contribution is 2.32. The summed E-state index contributed by atoms with van der Waals surface area (Å²) < 4.78 is 20.8. The van der Waals surface area contributed by atoms with Crippen LogP contribution in [0.1, 0.15) is 11.3 Å². The van der Waals surface area contributed by atoms with Crippen LogP contribution < -0.4 is 10.1 Å². The van der Waals surface area contributed by atoms with Crippen LogP contribution >= 0.6 is 0 Å². The second kappa shape index (κ2) is 8.37. The highest BCUT2D eigenvalue weighted by atomic mass is 19.1. The summed E-state index contributed by atoms with van der Waals surface area (Å²) >= 11 is 0. The second-order valence-corrected chi connectivity index (χ2v) is 7.01. The van der Waals surface area contributed by atoms with Crippen molar-refractivity contribution >= 4 is 33.8 Å². The molecule has 0 aliphatic heterocycles. The Balaban J connectivity index is 1.55. The molecule has 0 fully saturated rings. The lowest BCUT2D eigenvalue weighted by atomic mass is 10.1. The zero-order valence-electron chi connectivity index (χ0n) is 16.9. The number of carbonyl (C=O) groups excluding carboxylic acids is 1. The van der Waals surface area contributed by atoms with Crippen molar-refractivity contribution in [1.29, 1.82) is 0 Å². The highest BCUT2D eigenvalue weighted by Gasteiger charge is 2.14. The van der Waals surface area contributed by atoms with E-state index in [9.17, 15) is 9.18 Å². The fraction of sp³-hybridized carbons (Fsp3) is 0.167. The van der Waals surface area contributed by atoms with Crippen molar-refractivity contribution in [2.75, 3.05) is 13.7 Å². The summed E-state index contributed by atoms with van der Waals surface area (Å²) in [5, 5.41) is 5.13. The van der Waals surface area contributed by atoms with Crippen LogP contribution in [0.5, 0.6) is 5.75 Å². The average molecular weight is 403 g/mol. The third-order valence-corrected chi connectivity index (χ3v) is 5.07. The SMILES string of the molecule is COc1ccc2c3ccnc(C)c3n(CCNC(=O)/C=C/c3cccc(F)c3)c2c1. The van der Waals surface area contributed by atoms with Gasteiger partial charge in [-0.1, -0.05) is 12.1 Å². The first-order chi connectivity index (χ1) is 14.6. The lowest BCUT2D eigenvalue weighted by molar-refractivity contribution is -0.116. The van der Waals surface area contributed by atoms with Gasteiger partial charge in [0, 0.05) is 42.2 Å². The lowest BCUT2D eigenvalue weighted by Gasteiger charge is -2.10. The molecule has 4 aromatic rings. The molecule has 1 N–H and O–H groups in total. The standard InChI is InChI=1S/C24H22FN3O2/c1-16-24-21(10-11-26-16)20-8-7-19(30-2)15-22(20)28(24)13-12-27-23(29)9-6-17-4-3-5-18(25)14-17/h3-11,14-15H,12-13H2,1-2H3,(H,27,29)/b9-6+. The largest absolute Gasteiger partial charge is 0.497 e. The Bertz CT molecular complexity index is 1260. The number of aromatic nitrogens is 2. The Kier molecular flexibility index (Phi) is 5.48. The number of benzene rings is 2. The number of nitrogens with one attached hydrogen (secondary N) is 1. The molecule has 152 valence electrons. The predicted molar refractivity (Wildman–Crippen MR) is 117 cm³/mol. The summed E-state index contributed by atoms with van der Waals surface area (Å²) in [6, 6.07) is 14.1. The normalized spacial score (nSPS) is 11.4.